The third-order valence-corrected chi connectivity index (χ3v) is 5.25. The highest BCUT2D eigenvalue weighted by Gasteiger charge is 2.30. The molecule has 2 aromatic rings. The number of nitrogens with zero attached hydrogens (tertiary/aromatic N) is 1. The number of para-hydroxylation sites is 1. The molecular formula is C22H25N3O4. The molecule has 2 N–H and O–H groups in total. The van der Waals surface area contributed by atoms with Crippen LogP contribution in [-0.4, -0.2) is 62.7 Å². The van der Waals surface area contributed by atoms with E-state index in [9.17, 15) is 9.59 Å². The molecular weight excluding hydrogens is 370 g/mol. The number of amides is 2. The summed E-state index contributed by atoms with van der Waals surface area (Å²) >= 11 is 0. The number of morpholine rings is 1. The molecule has 2 aliphatic heterocycles. The van der Waals surface area contributed by atoms with Crippen LogP contribution < -0.4 is 15.4 Å². The molecule has 7 nitrogen and oxygen atoms in total. The van der Waals surface area contributed by atoms with Crippen molar-refractivity contribution in [1.82, 2.24) is 10.2 Å². The standard InChI is InChI=1S/C22H25N3O4/c26-21(23-9-10-25-11-13-28-14-12-25)16-5-7-17(8-6-16)24-22(27)19-15-29-20-4-2-1-3-18(19)20/h1-8,19H,9-15H2,(H,23,26)(H,24,27). The van der Waals surface area contributed by atoms with E-state index in [4.69, 9.17) is 9.47 Å². The third-order valence-electron chi connectivity index (χ3n) is 5.25. The van der Waals surface area contributed by atoms with E-state index in [1.807, 2.05) is 24.3 Å². The van der Waals surface area contributed by atoms with Crippen LogP contribution in [0.5, 0.6) is 5.75 Å². The van der Waals surface area contributed by atoms with Crippen molar-refractivity contribution in [3.63, 3.8) is 0 Å². The van der Waals surface area contributed by atoms with Crippen molar-refractivity contribution >= 4 is 17.5 Å². The molecule has 7 heteroatoms. The van der Waals surface area contributed by atoms with Crippen LogP contribution in [0.1, 0.15) is 21.8 Å². The Bertz CT molecular complexity index is 863. The summed E-state index contributed by atoms with van der Waals surface area (Å²) in [6.07, 6.45) is 0. The molecule has 2 amide bonds. The van der Waals surface area contributed by atoms with E-state index >= 15 is 0 Å². The molecule has 2 aromatic carbocycles. The third kappa shape index (κ3) is 4.75. The average Bonchev–Trinajstić information content (AvgIpc) is 3.19. The topological polar surface area (TPSA) is 79.9 Å². The summed E-state index contributed by atoms with van der Waals surface area (Å²) in [5, 5.41) is 5.84. The largest absolute Gasteiger partial charge is 0.492 e. The number of rotatable bonds is 6. The Labute approximate surface area is 170 Å². The minimum atomic E-state index is -0.325. The van der Waals surface area contributed by atoms with Crippen LogP contribution in [0.15, 0.2) is 48.5 Å². The molecule has 0 aliphatic carbocycles. The molecule has 1 atom stereocenters. The quantitative estimate of drug-likeness (QED) is 0.781. The molecule has 2 aliphatic rings. The van der Waals surface area contributed by atoms with Crippen LogP contribution in [0.3, 0.4) is 0 Å². The number of fused-ring (bicyclic) bond motifs is 1. The van der Waals surface area contributed by atoms with E-state index in [0.29, 0.717) is 24.4 Å². The van der Waals surface area contributed by atoms with Crippen molar-refractivity contribution in [2.75, 3.05) is 51.3 Å². The summed E-state index contributed by atoms with van der Waals surface area (Å²) in [7, 11) is 0. The van der Waals surface area contributed by atoms with Gasteiger partial charge in [0.15, 0.2) is 0 Å². The second kappa shape index (κ2) is 9.07. The van der Waals surface area contributed by atoms with Crippen LogP contribution in [0.2, 0.25) is 0 Å². The molecule has 0 aromatic heterocycles. The van der Waals surface area contributed by atoms with E-state index in [2.05, 4.69) is 15.5 Å². The highest BCUT2D eigenvalue weighted by atomic mass is 16.5. The fourth-order valence-electron chi connectivity index (χ4n) is 3.57. The Hall–Kier alpha value is -2.90. The van der Waals surface area contributed by atoms with Crippen LogP contribution in [-0.2, 0) is 9.53 Å². The van der Waals surface area contributed by atoms with Crippen molar-refractivity contribution in [1.29, 1.82) is 0 Å². The summed E-state index contributed by atoms with van der Waals surface area (Å²) in [4.78, 5) is 27.2. The summed E-state index contributed by atoms with van der Waals surface area (Å²) in [5.41, 5.74) is 2.13. The molecule has 0 saturated carbocycles. The van der Waals surface area contributed by atoms with Gasteiger partial charge in [0.1, 0.15) is 18.3 Å². The second-order valence-corrected chi connectivity index (χ2v) is 7.18. The Morgan fingerprint density at radius 3 is 2.59 bits per heavy atom. The molecule has 1 unspecified atom stereocenters. The van der Waals surface area contributed by atoms with Gasteiger partial charge in [-0.05, 0) is 30.3 Å². The molecule has 29 heavy (non-hydrogen) atoms. The van der Waals surface area contributed by atoms with Gasteiger partial charge in [-0.2, -0.15) is 0 Å². The molecule has 1 saturated heterocycles. The first-order chi connectivity index (χ1) is 14.2. The average molecular weight is 395 g/mol. The lowest BCUT2D eigenvalue weighted by Crippen LogP contribution is -2.41. The van der Waals surface area contributed by atoms with Crippen LogP contribution in [0, 0.1) is 0 Å². The van der Waals surface area contributed by atoms with E-state index in [0.717, 1.165) is 44.2 Å². The molecule has 0 bridgehead atoms. The lowest BCUT2D eigenvalue weighted by molar-refractivity contribution is -0.117. The minimum Gasteiger partial charge on any atom is -0.492 e. The van der Waals surface area contributed by atoms with Gasteiger partial charge in [-0.25, -0.2) is 0 Å². The zero-order valence-electron chi connectivity index (χ0n) is 16.2. The van der Waals surface area contributed by atoms with Crippen molar-refractivity contribution in [3.05, 3.63) is 59.7 Å². The first-order valence-corrected chi connectivity index (χ1v) is 9.91. The monoisotopic (exact) mass is 395 g/mol. The SMILES string of the molecule is O=C(NCCN1CCOCC1)c1ccc(NC(=O)C2COc3ccccc32)cc1. The van der Waals surface area contributed by atoms with Crippen LogP contribution >= 0.6 is 0 Å². The van der Waals surface area contributed by atoms with Crippen molar-refractivity contribution in [2.24, 2.45) is 0 Å². The maximum atomic E-state index is 12.6. The molecule has 2 heterocycles. The normalized spacial score (nSPS) is 18.6. The first-order valence-electron chi connectivity index (χ1n) is 9.91. The van der Waals surface area contributed by atoms with Gasteiger partial charge in [-0.3, -0.25) is 14.5 Å². The fraction of sp³-hybridized carbons (Fsp3) is 0.364. The molecule has 152 valence electrons. The van der Waals surface area contributed by atoms with Gasteiger partial charge in [0, 0.05) is 43.0 Å². The van der Waals surface area contributed by atoms with E-state index < -0.39 is 0 Å². The zero-order valence-corrected chi connectivity index (χ0v) is 16.2. The van der Waals surface area contributed by atoms with Crippen molar-refractivity contribution < 1.29 is 19.1 Å². The summed E-state index contributed by atoms with van der Waals surface area (Å²) in [5.74, 6) is 0.207. The number of nitrogens with one attached hydrogen (secondary N) is 2. The van der Waals surface area contributed by atoms with Crippen molar-refractivity contribution in [2.45, 2.75) is 5.92 Å². The second-order valence-electron chi connectivity index (χ2n) is 7.18. The number of hydrogen-bond donors (Lipinski definition) is 2. The minimum absolute atomic E-state index is 0.113. The number of carbonyl (C=O) groups excluding carboxylic acids is 2. The van der Waals surface area contributed by atoms with Gasteiger partial charge < -0.3 is 20.1 Å². The summed E-state index contributed by atoms with van der Waals surface area (Å²) in [6.45, 7) is 5.06. The molecule has 4 rings (SSSR count). The smallest absolute Gasteiger partial charge is 0.251 e. The Morgan fingerprint density at radius 1 is 1.03 bits per heavy atom. The van der Waals surface area contributed by atoms with Gasteiger partial charge in [0.2, 0.25) is 5.91 Å². The highest BCUT2D eigenvalue weighted by Crippen LogP contribution is 2.34. The molecule has 1 fully saturated rings. The van der Waals surface area contributed by atoms with Crippen LogP contribution in [0.4, 0.5) is 5.69 Å². The first kappa shape index (κ1) is 19.4. The highest BCUT2D eigenvalue weighted by molar-refractivity contribution is 5.98. The van der Waals surface area contributed by atoms with Gasteiger partial charge in [0.25, 0.3) is 5.91 Å². The molecule has 0 radical (unpaired) electrons. The van der Waals surface area contributed by atoms with E-state index in [-0.39, 0.29) is 17.7 Å². The summed E-state index contributed by atoms with van der Waals surface area (Å²) in [6, 6.07) is 14.5. The predicted molar refractivity (Wildman–Crippen MR) is 109 cm³/mol. The number of ether oxygens (including phenoxy) is 2. The number of anilines is 1. The molecule has 0 spiro atoms. The van der Waals surface area contributed by atoms with Gasteiger partial charge in [-0.1, -0.05) is 18.2 Å². The lowest BCUT2D eigenvalue weighted by atomic mass is 10.0. The zero-order chi connectivity index (χ0) is 20.1. The maximum Gasteiger partial charge on any atom is 0.251 e. The van der Waals surface area contributed by atoms with Crippen LogP contribution in [0.25, 0.3) is 0 Å². The number of carbonyl (C=O) groups is 2. The van der Waals surface area contributed by atoms with Crippen molar-refractivity contribution in [3.8, 4) is 5.75 Å². The lowest BCUT2D eigenvalue weighted by Gasteiger charge is -2.26. The Kier molecular flexibility index (Phi) is 6.07. The fourth-order valence-corrected chi connectivity index (χ4v) is 3.57. The number of benzene rings is 2. The summed E-state index contributed by atoms with van der Waals surface area (Å²) < 4.78 is 10.9. The Morgan fingerprint density at radius 2 is 1.79 bits per heavy atom. The van der Waals surface area contributed by atoms with Gasteiger partial charge in [-0.15, -0.1) is 0 Å². The Balaban J connectivity index is 1.27. The van der Waals surface area contributed by atoms with E-state index in [1.165, 1.54) is 0 Å². The van der Waals surface area contributed by atoms with E-state index in [1.54, 1.807) is 24.3 Å². The maximum absolute atomic E-state index is 12.6. The number of hydrogen-bond acceptors (Lipinski definition) is 5. The predicted octanol–water partition coefficient (Wildman–Crippen LogP) is 1.86. The van der Waals surface area contributed by atoms with Gasteiger partial charge >= 0.3 is 0 Å². The van der Waals surface area contributed by atoms with Gasteiger partial charge in [0.05, 0.1) is 13.2 Å².